The van der Waals surface area contributed by atoms with Crippen LogP contribution in [0.3, 0.4) is 0 Å². The van der Waals surface area contributed by atoms with E-state index >= 15 is 0 Å². The highest BCUT2D eigenvalue weighted by atomic mass is 35.5. The third-order valence-corrected chi connectivity index (χ3v) is 4.11. The lowest BCUT2D eigenvalue weighted by Crippen LogP contribution is -1.89. The van der Waals surface area contributed by atoms with E-state index in [9.17, 15) is 0 Å². The van der Waals surface area contributed by atoms with Crippen LogP contribution in [0.5, 0.6) is 0 Å². The molecule has 0 unspecified atom stereocenters. The second-order valence-electron chi connectivity index (χ2n) is 3.96. The van der Waals surface area contributed by atoms with Gasteiger partial charge in [0.1, 0.15) is 0 Å². The molecule has 0 radical (unpaired) electrons. The number of benzene rings is 1. The number of pyridine rings is 1. The van der Waals surface area contributed by atoms with Crippen molar-refractivity contribution in [2.24, 2.45) is 0 Å². The van der Waals surface area contributed by atoms with Crippen LogP contribution in [0, 0.1) is 0 Å². The molecule has 0 aliphatic rings. The fourth-order valence-corrected chi connectivity index (χ4v) is 3.10. The summed E-state index contributed by atoms with van der Waals surface area (Å²) in [6.07, 6.45) is 1.77. The van der Waals surface area contributed by atoms with Crippen LogP contribution in [0.1, 0.15) is 5.56 Å². The molecule has 0 aliphatic heterocycles. The zero-order chi connectivity index (χ0) is 13.2. The van der Waals surface area contributed by atoms with Crippen LogP contribution in [0.25, 0.3) is 5.65 Å². The Morgan fingerprint density at radius 1 is 1.11 bits per heavy atom. The van der Waals surface area contributed by atoms with Crippen molar-refractivity contribution in [1.29, 1.82) is 0 Å². The van der Waals surface area contributed by atoms with E-state index in [-0.39, 0.29) is 0 Å². The Morgan fingerprint density at radius 3 is 2.68 bits per heavy atom. The average Bonchev–Trinajstić information content (AvgIpc) is 2.81. The molecule has 0 saturated heterocycles. The smallest absolute Gasteiger partial charge is 0.196 e. The Hall–Kier alpha value is -1.23. The Bertz CT molecular complexity index is 712. The first-order valence-electron chi connectivity index (χ1n) is 5.60. The van der Waals surface area contributed by atoms with Gasteiger partial charge in [0.15, 0.2) is 10.8 Å². The Labute approximate surface area is 124 Å². The van der Waals surface area contributed by atoms with Gasteiger partial charge in [0.2, 0.25) is 0 Å². The summed E-state index contributed by atoms with van der Waals surface area (Å²) in [7, 11) is 0. The standard InChI is InChI=1S/C13H9Cl2N3S/c14-10-6-11(15)12-16-17-13(18(12)7-10)19-8-9-4-2-1-3-5-9/h1-7H,8H2. The third kappa shape index (κ3) is 2.71. The lowest BCUT2D eigenvalue weighted by atomic mass is 10.2. The number of nitrogens with zero attached hydrogens (tertiary/aromatic N) is 3. The number of halogens is 2. The molecule has 0 amide bonds. The summed E-state index contributed by atoms with van der Waals surface area (Å²) in [5.41, 5.74) is 1.86. The normalized spacial score (nSPS) is 11.1. The molecule has 0 atom stereocenters. The van der Waals surface area contributed by atoms with Crippen LogP contribution in [0.2, 0.25) is 10.0 Å². The molecule has 6 heteroatoms. The fourth-order valence-electron chi connectivity index (χ4n) is 1.72. The van der Waals surface area contributed by atoms with Gasteiger partial charge in [0.05, 0.1) is 10.0 Å². The van der Waals surface area contributed by atoms with Crippen LogP contribution in [-0.2, 0) is 5.75 Å². The first-order valence-corrected chi connectivity index (χ1v) is 7.35. The van der Waals surface area contributed by atoms with Gasteiger partial charge in [0.25, 0.3) is 0 Å². The third-order valence-electron chi connectivity index (χ3n) is 2.61. The van der Waals surface area contributed by atoms with Crippen molar-refractivity contribution in [3.05, 3.63) is 58.2 Å². The molecule has 2 heterocycles. The minimum absolute atomic E-state index is 0.506. The molecule has 0 saturated carbocycles. The van der Waals surface area contributed by atoms with Crippen molar-refractivity contribution >= 4 is 40.6 Å². The second kappa shape index (κ2) is 5.41. The summed E-state index contributed by atoms with van der Waals surface area (Å²) >= 11 is 13.7. The number of fused-ring (bicyclic) bond motifs is 1. The zero-order valence-corrected chi connectivity index (χ0v) is 12.1. The number of aromatic nitrogens is 3. The molecule has 0 spiro atoms. The minimum atomic E-state index is 0.506. The van der Waals surface area contributed by atoms with Crippen LogP contribution in [0.4, 0.5) is 0 Å². The van der Waals surface area contributed by atoms with E-state index in [1.165, 1.54) is 5.56 Å². The van der Waals surface area contributed by atoms with Gasteiger partial charge in [-0.25, -0.2) is 0 Å². The summed E-state index contributed by atoms with van der Waals surface area (Å²) in [6.45, 7) is 0. The lowest BCUT2D eigenvalue weighted by molar-refractivity contribution is 0.921. The molecule has 19 heavy (non-hydrogen) atoms. The molecule has 3 rings (SSSR count). The maximum Gasteiger partial charge on any atom is 0.196 e. The fraction of sp³-hybridized carbons (Fsp3) is 0.0769. The Balaban J connectivity index is 1.89. The Kier molecular flexibility index (Phi) is 3.64. The van der Waals surface area contributed by atoms with E-state index in [1.807, 2.05) is 22.6 Å². The molecule has 2 aromatic heterocycles. The van der Waals surface area contributed by atoms with Crippen molar-refractivity contribution in [2.75, 3.05) is 0 Å². The predicted molar refractivity (Wildman–Crippen MR) is 79.0 cm³/mol. The first kappa shape index (κ1) is 12.8. The summed E-state index contributed by atoms with van der Waals surface area (Å²) in [6, 6.07) is 11.9. The summed E-state index contributed by atoms with van der Waals surface area (Å²) < 4.78 is 1.82. The van der Waals surface area contributed by atoms with E-state index in [0.29, 0.717) is 15.7 Å². The predicted octanol–water partition coefficient (Wildman–Crippen LogP) is 4.33. The van der Waals surface area contributed by atoms with Gasteiger partial charge in [-0.3, -0.25) is 4.40 Å². The van der Waals surface area contributed by atoms with Gasteiger partial charge in [-0.1, -0.05) is 65.3 Å². The van der Waals surface area contributed by atoms with Crippen LogP contribution >= 0.6 is 35.0 Å². The first-order chi connectivity index (χ1) is 9.24. The molecule has 3 aromatic rings. The quantitative estimate of drug-likeness (QED) is 0.675. The number of rotatable bonds is 3. The molecule has 0 fully saturated rings. The molecule has 3 nitrogen and oxygen atoms in total. The lowest BCUT2D eigenvalue weighted by Gasteiger charge is -2.02. The van der Waals surface area contributed by atoms with E-state index in [4.69, 9.17) is 23.2 Å². The summed E-state index contributed by atoms with van der Waals surface area (Å²) in [5.74, 6) is 0.825. The van der Waals surface area contributed by atoms with Gasteiger partial charge in [0, 0.05) is 11.9 Å². The van der Waals surface area contributed by atoms with E-state index in [2.05, 4.69) is 22.3 Å². The van der Waals surface area contributed by atoms with Gasteiger partial charge in [-0.05, 0) is 11.6 Å². The monoisotopic (exact) mass is 309 g/mol. The number of hydrogen-bond acceptors (Lipinski definition) is 3. The van der Waals surface area contributed by atoms with Gasteiger partial charge >= 0.3 is 0 Å². The topological polar surface area (TPSA) is 30.2 Å². The van der Waals surface area contributed by atoms with Gasteiger partial charge < -0.3 is 0 Å². The van der Waals surface area contributed by atoms with Crippen molar-refractivity contribution in [3.8, 4) is 0 Å². The van der Waals surface area contributed by atoms with Crippen LogP contribution in [0.15, 0.2) is 47.8 Å². The average molecular weight is 310 g/mol. The Morgan fingerprint density at radius 2 is 1.89 bits per heavy atom. The maximum atomic E-state index is 6.08. The van der Waals surface area contributed by atoms with Crippen LogP contribution in [-0.4, -0.2) is 14.6 Å². The van der Waals surface area contributed by atoms with Crippen molar-refractivity contribution in [2.45, 2.75) is 10.9 Å². The molecule has 0 bridgehead atoms. The van der Waals surface area contributed by atoms with Crippen molar-refractivity contribution < 1.29 is 0 Å². The van der Waals surface area contributed by atoms with E-state index in [0.717, 1.165) is 10.9 Å². The molecule has 96 valence electrons. The summed E-state index contributed by atoms with van der Waals surface area (Å²) in [4.78, 5) is 0. The molecule has 0 N–H and O–H groups in total. The number of thioether (sulfide) groups is 1. The van der Waals surface area contributed by atoms with Crippen molar-refractivity contribution in [1.82, 2.24) is 14.6 Å². The molecule has 0 aliphatic carbocycles. The summed E-state index contributed by atoms with van der Waals surface area (Å²) in [5, 5.41) is 10.1. The SMILES string of the molecule is Clc1cc(Cl)c2nnc(SCc3ccccc3)n2c1. The second-order valence-corrected chi connectivity index (χ2v) is 5.74. The minimum Gasteiger partial charge on any atom is -0.275 e. The van der Waals surface area contributed by atoms with E-state index in [1.54, 1.807) is 24.0 Å². The molecular weight excluding hydrogens is 301 g/mol. The maximum absolute atomic E-state index is 6.08. The van der Waals surface area contributed by atoms with E-state index < -0.39 is 0 Å². The largest absolute Gasteiger partial charge is 0.275 e. The number of hydrogen-bond donors (Lipinski definition) is 0. The van der Waals surface area contributed by atoms with Crippen LogP contribution < -0.4 is 0 Å². The van der Waals surface area contributed by atoms with Gasteiger partial charge in [-0.2, -0.15) is 0 Å². The molecule has 1 aromatic carbocycles. The van der Waals surface area contributed by atoms with Crippen molar-refractivity contribution in [3.63, 3.8) is 0 Å². The zero-order valence-electron chi connectivity index (χ0n) is 9.75. The molecular formula is C13H9Cl2N3S. The highest BCUT2D eigenvalue weighted by Gasteiger charge is 2.10. The highest BCUT2D eigenvalue weighted by molar-refractivity contribution is 7.98. The van der Waals surface area contributed by atoms with Gasteiger partial charge in [-0.15, -0.1) is 10.2 Å². The highest BCUT2D eigenvalue weighted by Crippen LogP contribution is 2.26.